The summed E-state index contributed by atoms with van der Waals surface area (Å²) in [5.41, 5.74) is 0. The highest BCUT2D eigenvalue weighted by Crippen LogP contribution is 2.08. The quantitative estimate of drug-likeness (QED) is 0.573. The zero-order valence-corrected chi connectivity index (χ0v) is 9.23. The van der Waals surface area contributed by atoms with Crippen LogP contribution in [-0.2, 0) is 14.6 Å². The first-order valence-electron chi connectivity index (χ1n) is 4.23. The summed E-state index contributed by atoms with van der Waals surface area (Å²) >= 11 is 0. The van der Waals surface area contributed by atoms with Gasteiger partial charge in [0.2, 0.25) is 5.91 Å². The van der Waals surface area contributed by atoms with Gasteiger partial charge >= 0.3 is 0 Å². The summed E-state index contributed by atoms with van der Waals surface area (Å²) in [5.74, 6) is 0.940. The van der Waals surface area contributed by atoms with Crippen molar-refractivity contribution in [3.05, 3.63) is 0 Å². The molecule has 0 aliphatic carbocycles. The van der Waals surface area contributed by atoms with Crippen molar-refractivity contribution in [1.29, 1.82) is 0 Å². The molecule has 0 saturated carbocycles. The van der Waals surface area contributed by atoms with Crippen LogP contribution in [0.2, 0.25) is 0 Å². The predicted molar refractivity (Wildman–Crippen MR) is 52.3 cm³/mol. The molecule has 0 N–H and O–H groups in total. The molecule has 1 amide bonds. The van der Waals surface area contributed by atoms with E-state index in [1.807, 2.05) is 0 Å². The van der Waals surface area contributed by atoms with Gasteiger partial charge in [-0.1, -0.05) is 0 Å². The van der Waals surface area contributed by atoms with Crippen molar-refractivity contribution in [2.24, 2.45) is 0 Å². The average molecular weight is 207 g/mol. The van der Waals surface area contributed by atoms with Crippen LogP contribution in [-0.4, -0.2) is 44.8 Å². The molecule has 4 nitrogen and oxygen atoms in total. The van der Waals surface area contributed by atoms with Crippen LogP contribution in [0.25, 0.3) is 0 Å². The molecule has 1 rings (SSSR count). The van der Waals surface area contributed by atoms with Crippen molar-refractivity contribution in [3.63, 3.8) is 0 Å². The summed E-state index contributed by atoms with van der Waals surface area (Å²) in [6, 6.07) is 0. The molecule has 0 atom stereocenters. The molecule has 0 aromatic rings. The normalized spacial score (nSPS) is 18.7. The smallest absolute Gasteiger partial charge is 0.218 e. The molecular formula is C8H17NO3S. The zero-order valence-electron chi connectivity index (χ0n) is 8.41. The van der Waals surface area contributed by atoms with Crippen molar-refractivity contribution in [2.45, 2.75) is 19.8 Å². The highest BCUT2D eigenvalue weighted by molar-refractivity contribution is 7.91. The van der Waals surface area contributed by atoms with Gasteiger partial charge in [0.1, 0.15) is 9.84 Å². The molecule has 1 saturated heterocycles. The van der Waals surface area contributed by atoms with E-state index in [1.165, 1.54) is 11.8 Å². The number of carbonyl (C=O) groups excluding carboxylic acids is 1. The van der Waals surface area contributed by atoms with Crippen LogP contribution in [0.4, 0.5) is 0 Å². The Kier molecular flexibility index (Phi) is 4.98. The first-order chi connectivity index (χ1) is 5.85. The monoisotopic (exact) mass is 207 g/mol. The second kappa shape index (κ2) is 5.21. The second-order valence-electron chi connectivity index (χ2n) is 3.27. The molecule has 78 valence electrons. The fourth-order valence-electron chi connectivity index (χ4n) is 0.746. The zero-order chi connectivity index (χ0) is 10.5. The lowest BCUT2D eigenvalue weighted by Crippen LogP contribution is -2.17. The van der Waals surface area contributed by atoms with E-state index in [4.69, 9.17) is 0 Å². The molecule has 0 spiro atoms. The van der Waals surface area contributed by atoms with Gasteiger partial charge in [-0.15, -0.1) is 0 Å². The Morgan fingerprint density at radius 1 is 1.15 bits per heavy atom. The van der Waals surface area contributed by atoms with E-state index in [0.717, 1.165) is 12.8 Å². The van der Waals surface area contributed by atoms with E-state index in [1.54, 1.807) is 14.1 Å². The van der Waals surface area contributed by atoms with E-state index >= 15 is 0 Å². The second-order valence-corrected chi connectivity index (χ2v) is 5.58. The molecule has 0 aromatic heterocycles. The van der Waals surface area contributed by atoms with Crippen molar-refractivity contribution in [1.82, 2.24) is 4.90 Å². The van der Waals surface area contributed by atoms with E-state index in [0.29, 0.717) is 11.5 Å². The average Bonchev–Trinajstić information content (AvgIpc) is 2.35. The topological polar surface area (TPSA) is 54.5 Å². The van der Waals surface area contributed by atoms with Crippen molar-refractivity contribution in [2.75, 3.05) is 25.6 Å². The summed E-state index contributed by atoms with van der Waals surface area (Å²) in [4.78, 5) is 11.6. The molecule has 1 fully saturated rings. The van der Waals surface area contributed by atoms with Gasteiger partial charge < -0.3 is 4.90 Å². The Labute approximate surface area is 79.8 Å². The van der Waals surface area contributed by atoms with Crippen molar-refractivity contribution in [3.8, 4) is 0 Å². The van der Waals surface area contributed by atoms with Gasteiger partial charge in [0, 0.05) is 21.0 Å². The molecule has 13 heavy (non-hydrogen) atoms. The van der Waals surface area contributed by atoms with E-state index in [2.05, 4.69) is 0 Å². The number of amides is 1. The number of rotatable bonds is 0. The maximum Gasteiger partial charge on any atom is 0.218 e. The molecular weight excluding hydrogens is 190 g/mol. The number of nitrogens with zero attached hydrogens (tertiary/aromatic N) is 1. The lowest BCUT2D eigenvalue weighted by atomic mass is 10.4. The van der Waals surface area contributed by atoms with Gasteiger partial charge in [0.05, 0.1) is 11.5 Å². The summed E-state index contributed by atoms with van der Waals surface area (Å²) in [6.07, 6.45) is 1.75. The van der Waals surface area contributed by atoms with Crippen LogP contribution >= 0.6 is 0 Å². The van der Waals surface area contributed by atoms with Gasteiger partial charge in [-0.3, -0.25) is 4.79 Å². The van der Waals surface area contributed by atoms with Crippen LogP contribution in [0, 0.1) is 0 Å². The van der Waals surface area contributed by atoms with E-state index in [9.17, 15) is 13.2 Å². The van der Waals surface area contributed by atoms with Crippen LogP contribution in [0.15, 0.2) is 0 Å². The Morgan fingerprint density at radius 2 is 1.46 bits per heavy atom. The Balaban J connectivity index is 0.000000226. The minimum absolute atomic E-state index is 0.0926. The Bertz CT molecular complexity index is 245. The third-order valence-corrected chi connectivity index (χ3v) is 3.61. The van der Waals surface area contributed by atoms with E-state index in [-0.39, 0.29) is 5.91 Å². The van der Waals surface area contributed by atoms with Crippen molar-refractivity contribution >= 4 is 15.7 Å². The molecule has 1 aliphatic rings. The molecule has 5 heteroatoms. The SMILES string of the molecule is CC(=O)N(C)C.O=S1(=O)CCCC1. The number of sulfone groups is 1. The maximum atomic E-state index is 10.4. The number of carbonyl (C=O) groups is 1. The molecule has 0 radical (unpaired) electrons. The Hall–Kier alpha value is -0.580. The predicted octanol–water partition coefficient (Wildman–Crippen LogP) is 0.289. The lowest BCUT2D eigenvalue weighted by molar-refractivity contribution is -0.126. The minimum Gasteiger partial charge on any atom is -0.349 e. The van der Waals surface area contributed by atoms with Crippen LogP contribution in [0.5, 0.6) is 0 Å². The van der Waals surface area contributed by atoms with Gasteiger partial charge in [0.15, 0.2) is 0 Å². The Morgan fingerprint density at radius 3 is 1.54 bits per heavy atom. The summed E-state index contributed by atoms with van der Waals surface area (Å²) in [6.45, 7) is 1.53. The first kappa shape index (κ1) is 12.4. The fraction of sp³-hybridized carbons (Fsp3) is 0.875. The highest BCUT2D eigenvalue weighted by Gasteiger charge is 2.16. The largest absolute Gasteiger partial charge is 0.349 e. The van der Waals surface area contributed by atoms with Crippen LogP contribution in [0.1, 0.15) is 19.8 Å². The molecule has 0 unspecified atom stereocenters. The van der Waals surface area contributed by atoms with E-state index < -0.39 is 9.84 Å². The van der Waals surface area contributed by atoms with Crippen molar-refractivity contribution < 1.29 is 13.2 Å². The van der Waals surface area contributed by atoms with Gasteiger partial charge in [-0.05, 0) is 12.8 Å². The number of hydrogen-bond acceptors (Lipinski definition) is 3. The molecule has 0 bridgehead atoms. The van der Waals surface area contributed by atoms with Gasteiger partial charge in [-0.25, -0.2) is 8.42 Å². The summed E-state index contributed by atoms with van der Waals surface area (Å²) in [5, 5.41) is 0. The van der Waals surface area contributed by atoms with Crippen LogP contribution < -0.4 is 0 Å². The third kappa shape index (κ3) is 6.57. The van der Waals surface area contributed by atoms with Crippen LogP contribution in [0.3, 0.4) is 0 Å². The highest BCUT2D eigenvalue weighted by atomic mass is 32.2. The maximum absolute atomic E-state index is 10.4. The number of hydrogen-bond donors (Lipinski definition) is 0. The minimum atomic E-state index is -2.55. The van der Waals surface area contributed by atoms with Gasteiger partial charge in [-0.2, -0.15) is 0 Å². The lowest BCUT2D eigenvalue weighted by Gasteiger charge is -2.02. The fourth-order valence-corrected chi connectivity index (χ4v) is 2.24. The molecule has 0 aromatic carbocycles. The molecule has 1 aliphatic heterocycles. The third-order valence-electron chi connectivity index (χ3n) is 1.79. The first-order valence-corrected chi connectivity index (χ1v) is 6.05. The molecule has 1 heterocycles. The summed E-state index contributed by atoms with van der Waals surface area (Å²) in [7, 11) is 0.903. The van der Waals surface area contributed by atoms with Gasteiger partial charge in [0.25, 0.3) is 0 Å². The summed E-state index contributed by atoms with van der Waals surface area (Å²) < 4.78 is 20.9. The standard InChI is InChI=1S/C4H9NO.C4H8O2S/c1-4(6)5(2)3;5-7(6)3-1-2-4-7/h1-3H3;1-4H2.